The molecule has 0 radical (unpaired) electrons. The lowest BCUT2D eigenvalue weighted by molar-refractivity contribution is 0.150. The molecule has 0 amide bonds. The molecule has 2 rings (SSSR count). The van der Waals surface area contributed by atoms with Gasteiger partial charge in [-0.25, -0.2) is 4.39 Å². The van der Waals surface area contributed by atoms with E-state index in [0.717, 1.165) is 24.3 Å². The zero-order valence-electron chi connectivity index (χ0n) is 12.4. The van der Waals surface area contributed by atoms with E-state index < -0.39 is 0 Å². The van der Waals surface area contributed by atoms with Crippen LogP contribution in [0.15, 0.2) is 18.2 Å². The van der Waals surface area contributed by atoms with Crippen molar-refractivity contribution in [2.75, 3.05) is 6.54 Å². The Labute approximate surface area is 126 Å². The summed E-state index contributed by atoms with van der Waals surface area (Å²) in [6.45, 7) is 5.27. The van der Waals surface area contributed by atoms with Gasteiger partial charge in [-0.1, -0.05) is 25.4 Å². The highest BCUT2D eigenvalue weighted by Crippen LogP contribution is 2.39. The van der Waals surface area contributed by atoms with Gasteiger partial charge in [-0.15, -0.1) is 0 Å². The SMILES string of the molecule is CC(C)C1CCC(CN)C(Cc2cc(Cl)ccc2F)C1. The van der Waals surface area contributed by atoms with E-state index in [1.54, 1.807) is 12.1 Å². The highest BCUT2D eigenvalue weighted by atomic mass is 35.5. The number of nitrogens with two attached hydrogens (primary N) is 1. The van der Waals surface area contributed by atoms with E-state index in [9.17, 15) is 4.39 Å². The molecule has 20 heavy (non-hydrogen) atoms. The van der Waals surface area contributed by atoms with E-state index in [1.807, 2.05) is 0 Å². The number of rotatable bonds is 4. The molecule has 0 heterocycles. The molecule has 1 fully saturated rings. The van der Waals surface area contributed by atoms with Crippen molar-refractivity contribution in [3.05, 3.63) is 34.6 Å². The molecule has 3 atom stereocenters. The van der Waals surface area contributed by atoms with E-state index in [1.165, 1.54) is 18.9 Å². The van der Waals surface area contributed by atoms with Gasteiger partial charge in [-0.05, 0) is 79.7 Å². The third-order valence-electron chi connectivity index (χ3n) is 4.92. The van der Waals surface area contributed by atoms with E-state index in [-0.39, 0.29) is 5.82 Å². The Bertz CT molecular complexity index is 447. The lowest BCUT2D eigenvalue weighted by Gasteiger charge is -2.37. The van der Waals surface area contributed by atoms with Crippen LogP contribution in [-0.4, -0.2) is 6.54 Å². The Morgan fingerprint density at radius 1 is 1.30 bits per heavy atom. The van der Waals surface area contributed by atoms with Crippen LogP contribution in [0.1, 0.15) is 38.7 Å². The standard InChI is InChI=1S/C17H25ClFN/c1-11(2)12-3-4-13(10-20)14(7-12)8-15-9-16(18)5-6-17(15)19/h5-6,9,11-14H,3-4,7-8,10,20H2,1-2H3. The van der Waals surface area contributed by atoms with Crippen LogP contribution in [0.4, 0.5) is 4.39 Å². The summed E-state index contributed by atoms with van der Waals surface area (Å²) >= 11 is 5.99. The predicted molar refractivity (Wildman–Crippen MR) is 83.3 cm³/mol. The highest BCUT2D eigenvalue weighted by Gasteiger charge is 2.31. The molecule has 2 N–H and O–H groups in total. The minimum Gasteiger partial charge on any atom is -0.330 e. The summed E-state index contributed by atoms with van der Waals surface area (Å²) < 4.78 is 13.9. The molecule has 0 spiro atoms. The normalized spacial score (nSPS) is 27.0. The van der Waals surface area contributed by atoms with Crippen LogP contribution in [0.25, 0.3) is 0 Å². The summed E-state index contributed by atoms with van der Waals surface area (Å²) in [6, 6.07) is 4.85. The second-order valence-electron chi connectivity index (χ2n) is 6.51. The maximum Gasteiger partial charge on any atom is 0.126 e. The van der Waals surface area contributed by atoms with Gasteiger partial charge in [0.05, 0.1) is 0 Å². The van der Waals surface area contributed by atoms with Crippen molar-refractivity contribution in [3.63, 3.8) is 0 Å². The maximum absolute atomic E-state index is 13.9. The third-order valence-corrected chi connectivity index (χ3v) is 5.15. The second-order valence-corrected chi connectivity index (χ2v) is 6.95. The van der Waals surface area contributed by atoms with Crippen molar-refractivity contribution in [2.24, 2.45) is 29.4 Å². The average molecular weight is 298 g/mol. The smallest absolute Gasteiger partial charge is 0.126 e. The summed E-state index contributed by atoms with van der Waals surface area (Å²) in [5.74, 6) is 2.29. The molecule has 1 aliphatic carbocycles. The molecule has 0 saturated heterocycles. The Kier molecular flexibility index (Phi) is 5.45. The van der Waals surface area contributed by atoms with Gasteiger partial charge in [-0.2, -0.15) is 0 Å². The molecule has 3 heteroatoms. The van der Waals surface area contributed by atoms with Crippen molar-refractivity contribution < 1.29 is 4.39 Å². The number of benzene rings is 1. The van der Waals surface area contributed by atoms with Gasteiger partial charge in [0.1, 0.15) is 5.82 Å². The maximum atomic E-state index is 13.9. The monoisotopic (exact) mass is 297 g/mol. The summed E-state index contributed by atoms with van der Waals surface area (Å²) in [5.41, 5.74) is 6.66. The van der Waals surface area contributed by atoms with Gasteiger partial charge < -0.3 is 5.73 Å². The van der Waals surface area contributed by atoms with Gasteiger partial charge >= 0.3 is 0 Å². The van der Waals surface area contributed by atoms with Crippen LogP contribution < -0.4 is 5.73 Å². The van der Waals surface area contributed by atoms with Crippen LogP contribution in [0.3, 0.4) is 0 Å². The third kappa shape index (κ3) is 3.73. The summed E-state index contributed by atoms with van der Waals surface area (Å²) in [4.78, 5) is 0. The number of hydrogen-bond acceptors (Lipinski definition) is 1. The number of halogens is 2. The Hall–Kier alpha value is -0.600. The van der Waals surface area contributed by atoms with Crippen LogP contribution in [0.2, 0.25) is 5.02 Å². The molecule has 0 aliphatic heterocycles. The molecule has 1 nitrogen and oxygen atoms in total. The van der Waals surface area contributed by atoms with Crippen molar-refractivity contribution in [2.45, 2.75) is 39.5 Å². The predicted octanol–water partition coefficient (Wildman–Crippen LogP) is 4.67. The van der Waals surface area contributed by atoms with Crippen molar-refractivity contribution in [1.29, 1.82) is 0 Å². The van der Waals surface area contributed by atoms with Crippen molar-refractivity contribution >= 4 is 11.6 Å². The van der Waals surface area contributed by atoms with Gasteiger partial charge in [0, 0.05) is 5.02 Å². The van der Waals surface area contributed by atoms with Crippen molar-refractivity contribution in [1.82, 2.24) is 0 Å². The van der Waals surface area contributed by atoms with Gasteiger partial charge in [0.15, 0.2) is 0 Å². The Morgan fingerprint density at radius 2 is 2.05 bits per heavy atom. The van der Waals surface area contributed by atoms with Gasteiger partial charge in [-0.3, -0.25) is 0 Å². The molecule has 112 valence electrons. The minimum atomic E-state index is -0.142. The molecule has 1 aliphatic rings. The van der Waals surface area contributed by atoms with Crippen LogP contribution >= 0.6 is 11.6 Å². The molecule has 0 aromatic heterocycles. The van der Waals surface area contributed by atoms with E-state index >= 15 is 0 Å². The summed E-state index contributed by atoms with van der Waals surface area (Å²) in [7, 11) is 0. The van der Waals surface area contributed by atoms with E-state index in [0.29, 0.717) is 29.3 Å². The zero-order chi connectivity index (χ0) is 14.7. The minimum absolute atomic E-state index is 0.142. The first kappa shape index (κ1) is 15.8. The molecular weight excluding hydrogens is 273 g/mol. The number of hydrogen-bond donors (Lipinski definition) is 1. The molecule has 1 aromatic carbocycles. The molecule has 3 unspecified atom stereocenters. The topological polar surface area (TPSA) is 26.0 Å². The largest absolute Gasteiger partial charge is 0.330 e. The first-order chi connectivity index (χ1) is 9.51. The fourth-order valence-corrected chi connectivity index (χ4v) is 3.71. The fraction of sp³-hybridized carbons (Fsp3) is 0.647. The second kappa shape index (κ2) is 6.91. The van der Waals surface area contributed by atoms with Crippen LogP contribution in [-0.2, 0) is 6.42 Å². The van der Waals surface area contributed by atoms with Crippen molar-refractivity contribution in [3.8, 4) is 0 Å². The molecule has 1 aromatic rings. The average Bonchev–Trinajstić information content (AvgIpc) is 2.42. The molecular formula is C17H25ClFN. The van der Waals surface area contributed by atoms with Gasteiger partial charge in [0.2, 0.25) is 0 Å². The van der Waals surface area contributed by atoms with E-state index in [4.69, 9.17) is 17.3 Å². The Balaban J connectivity index is 2.13. The van der Waals surface area contributed by atoms with E-state index in [2.05, 4.69) is 13.8 Å². The van der Waals surface area contributed by atoms with Crippen LogP contribution in [0, 0.1) is 29.5 Å². The lowest BCUT2D eigenvalue weighted by atomic mass is 9.69. The molecule has 0 bridgehead atoms. The lowest BCUT2D eigenvalue weighted by Crippen LogP contribution is -2.33. The summed E-state index contributed by atoms with van der Waals surface area (Å²) in [5, 5.41) is 0.613. The Morgan fingerprint density at radius 3 is 2.70 bits per heavy atom. The zero-order valence-corrected chi connectivity index (χ0v) is 13.2. The van der Waals surface area contributed by atoms with Crippen LogP contribution in [0.5, 0.6) is 0 Å². The fourth-order valence-electron chi connectivity index (χ4n) is 3.51. The first-order valence-electron chi connectivity index (χ1n) is 7.65. The first-order valence-corrected chi connectivity index (χ1v) is 8.03. The quantitative estimate of drug-likeness (QED) is 0.859. The molecule has 1 saturated carbocycles. The highest BCUT2D eigenvalue weighted by molar-refractivity contribution is 6.30. The summed E-state index contributed by atoms with van der Waals surface area (Å²) in [6.07, 6.45) is 4.35. The van der Waals surface area contributed by atoms with Gasteiger partial charge in [0.25, 0.3) is 0 Å².